The molecule has 24 heavy (non-hydrogen) atoms. The molecule has 1 fully saturated rings. The van der Waals surface area contributed by atoms with Crippen molar-refractivity contribution in [3.05, 3.63) is 51.7 Å². The Hall–Kier alpha value is -2.34. The Morgan fingerprint density at radius 3 is 2.79 bits per heavy atom. The number of carbonyl (C=O) groups excluding carboxylic acids is 2. The fourth-order valence-electron chi connectivity index (χ4n) is 2.78. The third-order valence-corrected chi connectivity index (χ3v) is 5.17. The van der Waals surface area contributed by atoms with Crippen LogP contribution in [0, 0.1) is 6.92 Å². The zero-order valence-electron chi connectivity index (χ0n) is 13.8. The van der Waals surface area contributed by atoms with Crippen LogP contribution in [0.15, 0.2) is 35.7 Å². The lowest BCUT2D eigenvalue weighted by Crippen LogP contribution is -2.51. The van der Waals surface area contributed by atoms with Gasteiger partial charge in [-0.3, -0.25) is 9.59 Å². The first-order valence-electron chi connectivity index (χ1n) is 7.82. The Balaban J connectivity index is 1.64. The van der Waals surface area contributed by atoms with E-state index in [1.165, 1.54) is 11.3 Å². The maximum Gasteiger partial charge on any atom is 0.264 e. The third-order valence-electron chi connectivity index (χ3n) is 4.17. The molecule has 2 aromatic rings. The normalized spacial score (nSPS) is 14.8. The van der Waals surface area contributed by atoms with E-state index < -0.39 is 0 Å². The summed E-state index contributed by atoms with van der Waals surface area (Å²) in [6.07, 6.45) is 0. The van der Waals surface area contributed by atoms with Gasteiger partial charge in [0.1, 0.15) is 12.3 Å². The minimum atomic E-state index is -0.0446. The van der Waals surface area contributed by atoms with Crippen LogP contribution in [0.3, 0.4) is 0 Å². The molecule has 3 rings (SSSR count). The second-order valence-electron chi connectivity index (χ2n) is 5.83. The lowest BCUT2D eigenvalue weighted by atomic mass is 10.1. The van der Waals surface area contributed by atoms with Crippen molar-refractivity contribution < 1.29 is 14.3 Å². The smallest absolute Gasteiger partial charge is 0.264 e. The molecule has 1 aliphatic rings. The topological polar surface area (TPSA) is 49.9 Å². The van der Waals surface area contributed by atoms with Crippen molar-refractivity contribution in [1.29, 1.82) is 0 Å². The van der Waals surface area contributed by atoms with Gasteiger partial charge in [-0.2, -0.15) is 0 Å². The highest BCUT2D eigenvalue weighted by Crippen LogP contribution is 2.20. The van der Waals surface area contributed by atoms with E-state index >= 15 is 0 Å². The maximum absolute atomic E-state index is 12.5. The Kier molecular flexibility index (Phi) is 4.85. The van der Waals surface area contributed by atoms with E-state index in [1.807, 2.05) is 42.6 Å². The summed E-state index contributed by atoms with van der Waals surface area (Å²) in [7, 11) is 1.63. The summed E-state index contributed by atoms with van der Waals surface area (Å²) >= 11 is 1.43. The van der Waals surface area contributed by atoms with Crippen LogP contribution in [0.1, 0.15) is 20.8 Å². The third kappa shape index (κ3) is 3.43. The van der Waals surface area contributed by atoms with E-state index in [-0.39, 0.29) is 18.4 Å². The number of ether oxygens (including phenoxy) is 1. The predicted molar refractivity (Wildman–Crippen MR) is 93.4 cm³/mol. The first-order chi connectivity index (χ1) is 11.6. The van der Waals surface area contributed by atoms with Gasteiger partial charge in [0.25, 0.3) is 5.91 Å². The van der Waals surface area contributed by atoms with Gasteiger partial charge in [0.2, 0.25) is 5.91 Å². The molecule has 1 aliphatic heterocycles. The van der Waals surface area contributed by atoms with Crippen molar-refractivity contribution in [1.82, 2.24) is 9.80 Å². The van der Waals surface area contributed by atoms with Gasteiger partial charge in [0.05, 0.1) is 12.0 Å². The van der Waals surface area contributed by atoms with E-state index in [0.717, 1.165) is 21.8 Å². The first-order valence-corrected chi connectivity index (χ1v) is 8.70. The van der Waals surface area contributed by atoms with Gasteiger partial charge >= 0.3 is 0 Å². The monoisotopic (exact) mass is 344 g/mol. The van der Waals surface area contributed by atoms with Crippen molar-refractivity contribution in [3.8, 4) is 5.75 Å². The zero-order chi connectivity index (χ0) is 17.1. The Labute approximate surface area is 145 Å². The first kappa shape index (κ1) is 16.5. The van der Waals surface area contributed by atoms with Gasteiger partial charge in [-0.05, 0) is 41.6 Å². The van der Waals surface area contributed by atoms with Crippen molar-refractivity contribution in [2.45, 2.75) is 13.5 Å². The molecule has 126 valence electrons. The van der Waals surface area contributed by atoms with Gasteiger partial charge < -0.3 is 14.5 Å². The molecule has 0 spiro atoms. The number of methoxy groups -OCH3 is 1. The van der Waals surface area contributed by atoms with Gasteiger partial charge in [-0.15, -0.1) is 11.3 Å². The molecule has 0 N–H and O–H groups in total. The minimum absolute atomic E-state index is 0.0216. The zero-order valence-corrected chi connectivity index (χ0v) is 14.6. The van der Waals surface area contributed by atoms with Crippen LogP contribution in [0.25, 0.3) is 0 Å². The Morgan fingerprint density at radius 1 is 1.29 bits per heavy atom. The van der Waals surface area contributed by atoms with Gasteiger partial charge in [-0.1, -0.05) is 12.1 Å². The van der Waals surface area contributed by atoms with Crippen LogP contribution in [-0.4, -0.2) is 48.4 Å². The van der Waals surface area contributed by atoms with Crippen molar-refractivity contribution >= 4 is 23.2 Å². The van der Waals surface area contributed by atoms with E-state index in [4.69, 9.17) is 4.74 Å². The molecule has 0 aliphatic carbocycles. The van der Waals surface area contributed by atoms with Crippen LogP contribution in [0.4, 0.5) is 0 Å². The second-order valence-corrected chi connectivity index (χ2v) is 6.74. The summed E-state index contributed by atoms with van der Waals surface area (Å²) in [5.41, 5.74) is 1.99. The highest BCUT2D eigenvalue weighted by Gasteiger charge is 2.28. The molecule has 0 bridgehead atoms. The van der Waals surface area contributed by atoms with Gasteiger partial charge in [0, 0.05) is 19.6 Å². The fraction of sp³-hybridized carbons (Fsp3) is 0.333. The maximum atomic E-state index is 12.5. The van der Waals surface area contributed by atoms with Crippen LogP contribution in [0.5, 0.6) is 5.75 Å². The number of amides is 2. The second kappa shape index (κ2) is 7.05. The molecule has 0 unspecified atom stereocenters. The van der Waals surface area contributed by atoms with Crippen LogP contribution < -0.4 is 4.74 Å². The molecule has 1 aromatic heterocycles. The van der Waals surface area contributed by atoms with Crippen molar-refractivity contribution in [2.24, 2.45) is 0 Å². The summed E-state index contributed by atoms with van der Waals surface area (Å²) in [4.78, 5) is 29.1. The molecular weight excluding hydrogens is 324 g/mol. The number of hydrogen-bond acceptors (Lipinski definition) is 4. The molecule has 5 nitrogen and oxygen atoms in total. The highest BCUT2D eigenvalue weighted by atomic mass is 32.1. The van der Waals surface area contributed by atoms with Crippen LogP contribution in [0.2, 0.25) is 0 Å². The summed E-state index contributed by atoms with van der Waals surface area (Å²) in [5, 5.41) is 1.91. The van der Waals surface area contributed by atoms with Crippen molar-refractivity contribution in [2.75, 3.05) is 26.7 Å². The number of thiophene rings is 1. The number of rotatable bonds is 4. The number of benzene rings is 1. The molecule has 0 radical (unpaired) electrons. The molecule has 2 heterocycles. The molecule has 0 atom stereocenters. The molecule has 1 aromatic carbocycles. The number of carbonyl (C=O) groups is 2. The van der Waals surface area contributed by atoms with E-state index in [0.29, 0.717) is 19.6 Å². The molecule has 2 amide bonds. The summed E-state index contributed by atoms with van der Waals surface area (Å²) in [6.45, 7) is 3.71. The van der Waals surface area contributed by atoms with Crippen LogP contribution >= 0.6 is 11.3 Å². The molecule has 0 saturated carbocycles. The Bertz CT molecular complexity index is 756. The summed E-state index contributed by atoms with van der Waals surface area (Å²) < 4.78 is 5.22. The summed E-state index contributed by atoms with van der Waals surface area (Å²) in [6, 6.07) is 9.63. The largest absolute Gasteiger partial charge is 0.497 e. The lowest BCUT2D eigenvalue weighted by molar-refractivity contribution is -0.135. The quantitative estimate of drug-likeness (QED) is 0.856. The number of nitrogens with zero attached hydrogens (tertiary/aromatic N) is 2. The van der Waals surface area contributed by atoms with Gasteiger partial charge in [0.15, 0.2) is 0 Å². The molecular formula is C18H20N2O3S. The number of hydrogen-bond donors (Lipinski definition) is 0. The van der Waals surface area contributed by atoms with E-state index in [1.54, 1.807) is 16.9 Å². The predicted octanol–water partition coefficient (Wildman–Crippen LogP) is 2.55. The average Bonchev–Trinajstić information content (AvgIpc) is 3.02. The summed E-state index contributed by atoms with van der Waals surface area (Å²) in [5.74, 6) is 0.713. The highest BCUT2D eigenvalue weighted by molar-refractivity contribution is 7.12. The fourth-order valence-corrected chi connectivity index (χ4v) is 3.67. The van der Waals surface area contributed by atoms with E-state index in [9.17, 15) is 9.59 Å². The average molecular weight is 344 g/mol. The Morgan fingerprint density at radius 2 is 2.12 bits per heavy atom. The van der Waals surface area contributed by atoms with E-state index in [2.05, 4.69) is 0 Å². The van der Waals surface area contributed by atoms with Crippen LogP contribution in [-0.2, 0) is 11.3 Å². The molecule has 6 heteroatoms. The SMILES string of the molecule is COc1cccc(CN2CCN(C(=O)c3sccc3C)CC2=O)c1. The molecule has 1 saturated heterocycles. The van der Waals surface area contributed by atoms with Gasteiger partial charge in [-0.25, -0.2) is 0 Å². The van der Waals surface area contributed by atoms with Crippen molar-refractivity contribution in [3.63, 3.8) is 0 Å². The number of piperazine rings is 1. The standard InChI is InChI=1S/C18H20N2O3S/c1-13-6-9-24-17(13)18(22)20-8-7-19(16(21)12-20)11-14-4-3-5-15(10-14)23-2/h3-6,9-10H,7-8,11-12H2,1-2H3. The minimum Gasteiger partial charge on any atom is -0.497 e. The lowest BCUT2D eigenvalue weighted by Gasteiger charge is -2.34. The number of aryl methyl sites for hydroxylation is 1.